The fourth-order valence-corrected chi connectivity index (χ4v) is 3.65. The fraction of sp³-hybridized carbons (Fsp3) is 0.643. The van der Waals surface area contributed by atoms with Gasteiger partial charge in [-0.2, -0.15) is 0 Å². The normalized spacial score (nSPS) is 31.7. The molecule has 0 bridgehead atoms. The first-order valence-electron chi connectivity index (χ1n) is 6.13. The minimum absolute atomic E-state index is 0.244. The van der Waals surface area contributed by atoms with Crippen molar-refractivity contribution in [1.29, 1.82) is 0 Å². The molecule has 0 aliphatic heterocycles. The first-order chi connectivity index (χ1) is 7.81. The van der Waals surface area contributed by atoms with Crippen LogP contribution < -0.4 is 0 Å². The van der Waals surface area contributed by atoms with Gasteiger partial charge in [-0.05, 0) is 51.7 Å². The summed E-state index contributed by atoms with van der Waals surface area (Å²) in [5.74, 6) is 0.344. The average molecular weight is 298 g/mol. The molecular formula is C14H20BrNO. The molecule has 1 aromatic rings. The van der Waals surface area contributed by atoms with Gasteiger partial charge in [0.1, 0.15) is 0 Å². The molecule has 1 aliphatic rings. The Morgan fingerprint density at radius 2 is 2.18 bits per heavy atom. The minimum atomic E-state index is -0.577. The molecule has 0 radical (unpaired) electrons. The molecule has 0 spiro atoms. The van der Waals surface area contributed by atoms with Crippen LogP contribution in [0.2, 0.25) is 0 Å². The van der Waals surface area contributed by atoms with Crippen LogP contribution in [0.25, 0.3) is 0 Å². The molecule has 17 heavy (non-hydrogen) atoms. The van der Waals surface area contributed by atoms with E-state index in [-0.39, 0.29) is 5.41 Å². The Morgan fingerprint density at radius 3 is 2.71 bits per heavy atom. The molecule has 1 aliphatic carbocycles. The van der Waals surface area contributed by atoms with Crippen LogP contribution in [0, 0.1) is 11.3 Å². The Kier molecular flexibility index (Phi) is 3.34. The molecule has 0 amide bonds. The van der Waals surface area contributed by atoms with Crippen LogP contribution in [0.5, 0.6) is 0 Å². The molecule has 94 valence electrons. The van der Waals surface area contributed by atoms with E-state index in [9.17, 15) is 5.11 Å². The van der Waals surface area contributed by atoms with Crippen LogP contribution in [0.3, 0.4) is 0 Å². The second kappa shape index (κ2) is 4.36. The number of aromatic nitrogens is 1. The Morgan fingerprint density at radius 1 is 1.47 bits per heavy atom. The van der Waals surface area contributed by atoms with Gasteiger partial charge in [0.2, 0.25) is 0 Å². The van der Waals surface area contributed by atoms with E-state index in [1.807, 2.05) is 12.3 Å². The summed E-state index contributed by atoms with van der Waals surface area (Å²) in [7, 11) is 0. The van der Waals surface area contributed by atoms with E-state index in [4.69, 9.17) is 0 Å². The van der Waals surface area contributed by atoms with Crippen LogP contribution in [0.15, 0.2) is 22.9 Å². The van der Waals surface area contributed by atoms with E-state index in [1.54, 1.807) is 6.20 Å². The predicted molar refractivity (Wildman–Crippen MR) is 72.8 cm³/mol. The SMILES string of the molecule is CC1CC(C)(C)CC1(O)Cc1cncc(Br)c1. The fourth-order valence-electron chi connectivity index (χ4n) is 3.24. The van der Waals surface area contributed by atoms with Crippen LogP contribution in [-0.4, -0.2) is 15.7 Å². The van der Waals surface area contributed by atoms with Gasteiger partial charge in [0.05, 0.1) is 5.60 Å². The maximum absolute atomic E-state index is 10.8. The molecule has 2 nitrogen and oxygen atoms in total. The highest BCUT2D eigenvalue weighted by molar-refractivity contribution is 9.10. The zero-order chi connectivity index (χ0) is 12.7. The van der Waals surface area contributed by atoms with E-state index in [2.05, 4.69) is 41.7 Å². The number of hydrogen-bond donors (Lipinski definition) is 1. The molecule has 2 rings (SSSR count). The summed E-state index contributed by atoms with van der Waals surface area (Å²) < 4.78 is 0.975. The Hall–Kier alpha value is -0.410. The summed E-state index contributed by atoms with van der Waals surface area (Å²) >= 11 is 3.42. The van der Waals surface area contributed by atoms with Gasteiger partial charge in [-0.1, -0.05) is 20.8 Å². The summed E-state index contributed by atoms with van der Waals surface area (Å²) in [5, 5.41) is 10.8. The van der Waals surface area contributed by atoms with Crippen molar-refractivity contribution in [3.05, 3.63) is 28.5 Å². The molecule has 1 heterocycles. The Balaban J connectivity index is 2.18. The minimum Gasteiger partial charge on any atom is -0.389 e. The summed E-state index contributed by atoms with van der Waals surface area (Å²) in [5.41, 5.74) is 0.769. The molecule has 1 N–H and O–H groups in total. The summed E-state index contributed by atoms with van der Waals surface area (Å²) in [6, 6.07) is 2.04. The van der Waals surface area contributed by atoms with E-state index in [1.165, 1.54) is 0 Å². The van der Waals surface area contributed by atoms with Crippen LogP contribution in [-0.2, 0) is 6.42 Å². The highest BCUT2D eigenvalue weighted by atomic mass is 79.9. The number of nitrogens with zero attached hydrogens (tertiary/aromatic N) is 1. The number of rotatable bonds is 2. The quantitative estimate of drug-likeness (QED) is 0.905. The van der Waals surface area contributed by atoms with Gasteiger partial charge in [-0.3, -0.25) is 4.98 Å². The maximum atomic E-state index is 10.8. The molecule has 0 saturated heterocycles. The Bertz CT molecular complexity index is 418. The monoisotopic (exact) mass is 297 g/mol. The van der Waals surface area contributed by atoms with Gasteiger partial charge in [0.15, 0.2) is 0 Å². The van der Waals surface area contributed by atoms with Gasteiger partial charge < -0.3 is 5.11 Å². The average Bonchev–Trinajstić information content (AvgIpc) is 2.34. The largest absolute Gasteiger partial charge is 0.389 e. The summed E-state index contributed by atoms with van der Waals surface area (Å²) in [6.45, 7) is 6.63. The third-order valence-electron chi connectivity index (χ3n) is 3.83. The number of aliphatic hydroxyl groups is 1. The van der Waals surface area contributed by atoms with Gasteiger partial charge in [-0.15, -0.1) is 0 Å². The van der Waals surface area contributed by atoms with Crippen LogP contribution in [0.4, 0.5) is 0 Å². The van der Waals surface area contributed by atoms with Gasteiger partial charge >= 0.3 is 0 Å². The van der Waals surface area contributed by atoms with E-state index in [0.29, 0.717) is 12.3 Å². The molecule has 0 aromatic carbocycles. The van der Waals surface area contributed by atoms with Crippen molar-refractivity contribution >= 4 is 15.9 Å². The zero-order valence-electron chi connectivity index (χ0n) is 10.7. The highest BCUT2D eigenvalue weighted by Gasteiger charge is 2.47. The van der Waals surface area contributed by atoms with Crippen LogP contribution in [0.1, 0.15) is 39.2 Å². The third-order valence-corrected chi connectivity index (χ3v) is 4.27. The number of hydrogen-bond acceptors (Lipinski definition) is 2. The summed E-state index contributed by atoms with van der Waals surface area (Å²) in [6.07, 6.45) is 6.28. The maximum Gasteiger partial charge on any atom is 0.0719 e. The smallest absolute Gasteiger partial charge is 0.0719 e. The van der Waals surface area contributed by atoms with Gasteiger partial charge in [-0.25, -0.2) is 0 Å². The first-order valence-corrected chi connectivity index (χ1v) is 6.92. The van der Waals surface area contributed by atoms with Crippen molar-refractivity contribution in [3.63, 3.8) is 0 Å². The van der Waals surface area contributed by atoms with Gasteiger partial charge in [0, 0.05) is 23.3 Å². The molecule has 1 aromatic heterocycles. The second-order valence-electron chi connectivity index (χ2n) is 6.24. The van der Waals surface area contributed by atoms with E-state index < -0.39 is 5.60 Å². The topological polar surface area (TPSA) is 33.1 Å². The lowest BCUT2D eigenvalue weighted by molar-refractivity contribution is 0.00438. The zero-order valence-corrected chi connectivity index (χ0v) is 12.3. The molecule has 2 atom stereocenters. The molecule has 1 fully saturated rings. The van der Waals surface area contributed by atoms with Crippen molar-refractivity contribution in [2.24, 2.45) is 11.3 Å². The van der Waals surface area contributed by atoms with E-state index in [0.717, 1.165) is 22.9 Å². The second-order valence-corrected chi connectivity index (χ2v) is 7.15. The van der Waals surface area contributed by atoms with E-state index >= 15 is 0 Å². The summed E-state index contributed by atoms with van der Waals surface area (Å²) in [4.78, 5) is 4.16. The lowest BCUT2D eigenvalue weighted by Gasteiger charge is -2.28. The van der Waals surface area contributed by atoms with Crippen LogP contribution >= 0.6 is 15.9 Å². The first kappa shape index (κ1) is 13.0. The lowest BCUT2D eigenvalue weighted by atomic mass is 9.85. The van der Waals surface area contributed by atoms with Crippen molar-refractivity contribution in [2.75, 3.05) is 0 Å². The standard InChI is InChI=1S/C14H20BrNO/c1-10-5-13(2,3)9-14(10,17)6-11-4-12(15)8-16-7-11/h4,7-8,10,17H,5-6,9H2,1-3H3. The lowest BCUT2D eigenvalue weighted by Crippen LogP contribution is -2.34. The number of halogens is 1. The molecular weight excluding hydrogens is 278 g/mol. The molecule has 2 unspecified atom stereocenters. The van der Waals surface area contributed by atoms with Crippen molar-refractivity contribution in [1.82, 2.24) is 4.98 Å². The molecule has 3 heteroatoms. The number of pyridine rings is 1. The molecule has 1 saturated carbocycles. The van der Waals surface area contributed by atoms with Crippen molar-refractivity contribution in [3.8, 4) is 0 Å². The van der Waals surface area contributed by atoms with Crippen molar-refractivity contribution in [2.45, 2.75) is 45.6 Å². The highest BCUT2D eigenvalue weighted by Crippen LogP contribution is 2.48. The predicted octanol–water partition coefficient (Wildman–Crippen LogP) is 3.57. The van der Waals surface area contributed by atoms with Crippen molar-refractivity contribution < 1.29 is 5.11 Å². The Labute approximate surface area is 112 Å². The van der Waals surface area contributed by atoms with Gasteiger partial charge in [0.25, 0.3) is 0 Å². The third kappa shape index (κ3) is 2.89.